The van der Waals surface area contributed by atoms with Crippen LogP contribution in [0.15, 0.2) is 12.1 Å². The average molecular weight is 316 g/mol. The first kappa shape index (κ1) is 18.0. The summed E-state index contributed by atoms with van der Waals surface area (Å²) in [5.41, 5.74) is 5.57. The first-order valence-electron chi connectivity index (χ1n) is 9.15. The number of hydrogen-bond donors (Lipinski definition) is 0. The van der Waals surface area contributed by atoms with Gasteiger partial charge in [0, 0.05) is 0 Å². The highest BCUT2D eigenvalue weighted by Gasteiger charge is 2.44. The molecule has 0 amide bonds. The molecule has 1 aliphatic heterocycles. The zero-order valence-electron chi connectivity index (χ0n) is 16.6. The second-order valence-corrected chi connectivity index (χ2v) is 8.18. The molecule has 1 aromatic rings. The molecule has 23 heavy (non-hydrogen) atoms. The van der Waals surface area contributed by atoms with Crippen molar-refractivity contribution in [2.45, 2.75) is 74.4 Å². The Bertz CT molecular complexity index is 585. The summed E-state index contributed by atoms with van der Waals surface area (Å²) in [6.07, 6.45) is 0. The van der Waals surface area contributed by atoms with Crippen molar-refractivity contribution in [2.75, 3.05) is 11.4 Å². The van der Waals surface area contributed by atoms with Gasteiger partial charge in [0.1, 0.15) is 18.3 Å². The Morgan fingerprint density at radius 3 is 1.87 bits per heavy atom. The van der Waals surface area contributed by atoms with E-state index in [0.717, 1.165) is 6.54 Å². The average Bonchev–Trinajstić information content (AvgIpc) is 2.77. The first-order chi connectivity index (χ1) is 10.6. The topological polar surface area (TPSA) is 6.25 Å². The van der Waals surface area contributed by atoms with E-state index in [1.807, 2.05) is 0 Å². The molecular formula is C21H35N2+. The zero-order chi connectivity index (χ0) is 17.5. The van der Waals surface area contributed by atoms with Crippen LogP contribution in [0, 0.1) is 32.6 Å². The summed E-state index contributed by atoms with van der Waals surface area (Å²) in [7, 11) is 0. The second kappa shape index (κ2) is 6.67. The predicted molar refractivity (Wildman–Crippen MR) is 102 cm³/mol. The standard InChI is InChI=1S/C21H35N2/c1-13(2)19-12-22(21(14(3)4)23(19)15(5)6)20-17(8)10-16(7)11-18(20)9/h10-11,13-15,19H,12H2,1-9H3/q+1/t19-/m0/s1. The third-order valence-electron chi connectivity index (χ3n) is 5.02. The summed E-state index contributed by atoms with van der Waals surface area (Å²) >= 11 is 0. The van der Waals surface area contributed by atoms with E-state index in [1.165, 1.54) is 28.2 Å². The van der Waals surface area contributed by atoms with Crippen LogP contribution in [0.5, 0.6) is 0 Å². The molecule has 0 unspecified atom stereocenters. The van der Waals surface area contributed by atoms with Gasteiger partial charge in [0.25, 0.3) is 5.84 Å². The number of amidine groups is 1. The van der Waals surface area contributed by atoms with Crippen molar-refractivity contribution in [2.24, 2.45) is 11.8 Å². The molecule has 0 N–H and O–H groups in total. The van der Waals surface area contributed by atoms with Crippen molar-refractivity contribution < 1.29 is 4.58 Å². The highest BCUT2D eigenvalue weighted by Crippen LogP contribution is 2.33. The van der Waals surface area contributed by atoms with Crippen LogP contribution in [0.4, 0.5) is 5.69 Å². The number of rotatable bonds is 4. The van der Waals surface area contributed by atoms with Crippen LogP contribution in [0.1, 0.15) is 58.2 Å². The summed E-state index contributed by atoms with van der Waals surface area (Å²) in [6, 6.07) is 5.77. The number of aryl methyl sites for hydroxylation is 3. The third kappa shape index (κ3) is 3.32. The van der Waals surface area contributed by atoms with Crippen LogP contribution in [0.25, 0.3) is 0 Å². The van der Waals surface area contributed by atoms with Gasteiger partial charge in [-0.1, -0.05) is 45.4 Å². The number of nitrogens with zero attached hydrogens (tertiary/aromatic N) is 2. The molecule has 0 spiro atoms. The largest absolute Gasteiger partial charge is 0.256 e. The van der Waals surface area contributed by atoms with Crippen LogP contribution < -0.4 is 4.90 Å². The lowest BCUT2D eigenvalue weighted by molar-refractivity contribution is -0.593. The van der Waals surface area contributed by atoms with E-state index >= 15 is 0 Å². The summed E-state index contributed by atoms with van der Waals surface area (Å²) in [5, 5.41) is 0. The molecule has 1 atom stereocenters. The smallest absolute Gasteiger partial charge is 0.255 e. The Labute approximate surface area is 143 Å². The van der Waals surface area contributed by atoms with Gasteiger partial charge >= 0.3 is 0 Å². The van der Waals surface area contributed by atoms with Gasteiger partial charge in [-0.2, -0.15) is 0 Å². The predicted octanol–water partition coefficient (Wildman–Crippen LogP) is 4.93. The van der Waals surface area contributed by atoms with E-state index in [2.05, 4.69) is 83.9 Å². The van der Waals surface area contributed by atoms with Crippen LogP contribution in [0.3, 0.4) is 0 Å². The Kier molecular flexibility index (Phi) is 5.23. The molecule has 0 aromatic heterocycles. The summed E-state index contributed by atoms with van der Waals surface area (Å²) in [5.74, 6) is 2.68. The molecule has 128 valence electrons. The van der Waals surface area contributed by atoms with E-state index in [4.69, 9.17) is 0 Å². The lowest BCUT2D eigenvalue weighted by Crippen LogP contribution is -2.37. The Morgan fingerprint density at radius 1 is 0.957 bits per heavy atom. The maximum Gasteiger partial charge on any atom is 0.255 e. The molecule has 0 aliphatic carbocycles. The molecule has 1 aromatic carbocycles. The van der Waals surface area contributed by atoms with Gasteiger partial charge in [-0.25, -0.2) is 4.90 Å². The SMILES string of the molecule is Cc1cc(C)c(N2C[C@@H](C(C)C)[N+](C(C)C)=C2C(C)C)c(C)c1. The van der Waals surface area contributed by atoms with Crippen LogP contribution in [0.2, 0.25) is 0 Å². The number of hydrogen-bond acceptors (Lipinski definition) is 1. The van der Waals surface area contributed by atoms with E-state index in [9.17, 15) is 0 Å². The van der Waals surface area contributed by atoms with Gasteiger partial charge < -0.3 is 0 Å². The van der Waals surface area contributed by atoms with E-state index in [1.54, 1.807) is 0 Å². The van der Waals surface area contributed by atoms with Gasteiger partial charge in [-0.3, -0.25) is 4.58 Å². The van der Waals surface area contributed by atoms with Crippen molar-refractivity contribution in [3.8, 4) is 0 Å². The third-order valence-corrected chi connectivity index (χ3v) is 5.02. The Hall–Kier alpha value is -1.31. The minimum absolute atomic E-state index is 0.529. The Morgan fingerprint density at radius 2 is 1.48 bits per heavy atom. The molecule has 1 heterocycles. The van der Waals surface area contributed by atoms with Crippen LogP contribution >= 0.6 is 0 Å². The number of anilines is 1. The van der Waals surface area contributed by atoms with Crippen LogP contribution in [-0.2, 0) is 0 Å². The monoisotopic (exact) mass is 315 g/mol. The van der Waals surface area contributed by atoms with Gasteiger partial charge in [-0.05, 0) is 51.7 Å². The molecule has 0 saturated carbocycles. The summed E-state index contributed by atoms with van der Waals surface area (Å²) < 4.78 is 2.67. The quantitative estimate of drug-likeness (QED) is 0.714. The fourth-order valence-corrected chi connectivity index (χ4v) is 4.27. The first-order valence-corrected chi connectivity index (χ1v) is 9.15. The van der Waals surface area contributed by atoms with Crippen molar-refractivity contribution in [1.82, 2.24) is 0 Å². The Balaban J connectivity index is 2.64. The molecule has 2 heteroatoms. The zero-order valence-corrected chi connectivity index (χ0v) is 16.6. The maximum atomic E-state index is 2.67. The lowest BCUT2D eigenvalue weighted by Gasteiger charge is -2.21. The summed E-state index contributed by atoms with van der Waals surface area (Å²) in [6.45, 7) is 21.9. The van der Waals surface area contributed by atoms with Crippen LogP contribution in [-0.4, -0.2) is 29.0 Å². The van der Waals surface area contributed by atoms with Gasteiger partial charge in [0.2, 0.25) is 0 Å². The van der Waals surface area contributed by atoms with Gasteiger partial charge in [0.15, 0.2) is 0 Å². The summed E-state index contributed by atoms with van der Waals surface area (Å²) in [4.78, 5) is 2.61. The van der Waals surface area contributed by atoms with Crippen molar-refractivity contribution in [1.29, 1.82) is 0 Å². The number of benzene rings is 1. The molecule has 0 saturated heterocycles. The van der Waals surface area contributed by atoms with Crippen molar-refractivity contribution in [3.05, 3.63) is 28.8 Å². The fourth-order valence-electron chi connectivity index (χ4n) is 4.27. The van der Waals surface area contributed by atoms with Gasteiger partial charge in [-0.15, -0.1) is 0 Å². The normalized spacial score (nSPS) is 19.0. The molecule has 2 rings (SSSR count). The second-order valence-electron chi connectivity index (χ2n) is 8.18. The highest BCUT2D eigenvalue weighted by molar-refractivity contribution is 5.98. The molecular weight excluding hydrogens is 280 g/mol. The molecule has 0 radical (unpaired) electrons. The molecule has 1 aliphatic rings. The van der Waals surface area contributed by atoms with Crippen molar-refractivity contribution in [3.63, 3.8) is 0 Å². The fraction of sp³-hybridized carbons (Fsp3) is 0.667. The molecule has 2 nitrogen and oxygen atoms in total. The minimum atomic E-state index is 0.529. The van der Waals surface area contributed by atoms with Gasteiger partial charge in [0.05, 0.1) is 12.0 Å². The van der Waals surface area contributed by atoms with E-state index in [-0.39, 0.29) is 0 Å². The van der Waals surface area contributed by atoms with Crippen molar-refractivity contribution >= 4 is 11.5 Å². The van der Waals surface area contributed by atoms with E-state index < -0.39 is 0 Å². The molecule has 0 fully saturated rings. The highest BCUT2D eigenvalue weighted by atomic mass is 15.3. The maximum absolute atomic E-state index is 2.67. The lowest BCUT2D eigenvalue weighted by atomic mass is 10.0. The van der Waals surface area contributed by atoms with E-state index in [0.29, 0.717) is 23.9 Å². The molecule has 0 bridgehead atoms. The minimum Gasteiger partial charge on any atom is -0.256 e.